The van der Waals surface area contributed by atoms with Crippen LogP contribution in [0.5, 0.6) is 0 Å². The van der Waals surface area contributed by atoms with E-state index in [0.717, 1.165) is 36.4 Å². The number of nitrogens with zero attached hydrogens (tertiary/aromatic N) is 3. The minimum atomic E-state index is 0. The average molecular weight is 511 g/mol. The molecule has 6 nitrogen and oxygen atoms in total. The number of rotatable bonds is 6. The summed E-state index contributed by atoms with van der Waals surface area (Å²) in [6, 6.07) is 8.82. The predicted octanol–water partition coefficient (Wildman–Crippen LogP) is 4.01. The summed E-state index contributed by atoms with van der Waals surface area (Å²) in [6.45, 7) is 10.9. The maximum Gasteiger partial charge on any atom is 0.214 e. The van der Waals surface area contributed by atoms with Gasteiger partial charge in [-0.05, 0) is 56.8 Å². The lowest BCUT2D eigenvalue weighted by Gasteiger charge is -2.30. The topological polar surface area (TPSA) is 65.7 Å². The number of aliphatic imine (C=N–C) groups is 1. The fourth-order valence-corrected chi connectivity index (χ4v) is 3.50. The molecule has 0 unspecified atom stereocenters. The summed E-state index contributed by atoms with van der Waals surface area (Å²) in [4.78, 5) is 11.2. The molecule has 1 aliphatic heterocycles. The molecule has 0 bridgehead atoms. The van der Waals surface area contributed by atoms with E-state index in [4.69, 9.17) is 4.42 Å². The Morgan fingerprint density at radius 2 is 1.86 bits per heavy atom. The molecule has 2 aromatic rings. The molecule has 1 aromatic heterocycles. The second kappa shape index (κ2) is 11.5. The van der Waals surface area contributed by atoms with Crippen LogP contribution in [0, 0.1) is 19.8 Å². The molecule has 29 heavy (non-hydrogen) atoms. The lowest BCUT2D eigenvalue weighted by atomic mass is 9.98. The van der Waals surface area contributed by atoms with Crippen LogP contribution in [0.15, 0.2) is 33.7 Å². The molecular weight excluding hydrogens is 477 g/mol. The molecule has 0 atom stereocenters. The number of guanidine groups is 1. The summed E-state index contributed by atoms with van der Waals surface area (Å²) in [6.07, 6.45) is 2.62. The van der Waals surface area contributed by atoms with E-state index in [2.05, 4.69) is 56.7 Å². The molecule has 1 aromatic carbocycles. The molecule has 7 heteroatoms. The van der Waals surface area contributed by atoms with E-state index in [1.54, 1.807) is 7.05 Å². The summed E-state index contributed by atoms with van der Waals surface area (Å²) >= 11 is 0. The van der Waals surface area contributed by atoms with E-state index in [9.17, 15) is 0 Å². The molecular formula is C22H34IN5O. The van der Waals surface area contributed by atoms with Crippen molar-refractivity contribution in [2.24, 2.45) is 10.9 Å². The van der Waals surface area contributed by atoms with Crippen LogP contribution in [0.3, 0.4) is 0 Å². The Hall–Kier alpha value is -1.61. The molecule has 0 amide bonds. The number of hydrogen-bond acceptors (Lipinski definition) is 4. The normalized spacial score (nSPS) is 15.8. The second-order valence-corrected chi connectivity index (χ2v) is 7.81. The van der Waals surface area contributed by atoms with Crippen molar-refractivity contribution in [2.75, 3.05) is 20.1 Å². The number of benzene rings is 1. The van der Waals surface area contributed by atoms with E-state index in [1.807, 2.05) is 13.8 Å². The number of hydrogen-bond donors (Lipinski definition) is 2. The Balaban J connectivity index is 0.00000300. The predicted molar refractivity (Wildman–Crippen MR) is 129 cm³/mol. The van der Waals surface area contributed by atoms with Crippen LogP contribution < -0.4 is 10.6 Å². The molecule has 1 saturated heterocycles. The molecule has 1 aliphatic rings. The average Bonchev–Trinajstić information content (AvgIpc) is 3.02. The zero-order valence-electron chi connectivity index (χ0n) is 18.0. The van der Waals surface area contributed by atoms with Gasteiger partial charge in [0.2, 0.25) is 5.89 Å². The zero-order chi connectivity index (χ0) is 19.9. The third kappa shape index (κ3) is 7.29. The minimum absolute atomic E-state index is 0. The summed E-state index contributed by atoms with van der Waals surface area (Å²) in [5.41, 5.74) is 3.57. The number of oxazole rings is 1. The highest BCUT2D eigenvalue weighted by Crippen LogP contribution is 2.18. The number of halogens is 1. The van der Waals surface area contributed by atoms with Gasteiger partial charge in [0, 0.05) is 20.1 Å². The molecule has 0 aliphatic carbocycles. The van der Waals surface area contributed by atoms with E-state index < -0.39 is 0 Å². The Bertz CT molecular complexity index is 777. The van der Waals surface area contributed by atoms with Gasteiger partial charge in [0.15, 0.2) is 5.96 Å². The van der Waals surface area contributed by atoms with Crippen molar-refractivity contribution in [2.45, 2.75) is 53.2 Å². The van der Waals surface area contributed by atoms with Gasteiger partial charge >= 0.3 is 0 Å². The van der Waals surface area contributed by atoms with E-state index in [-0.39, 0.29) is 24.0 Å². The first kappa shape index (κ1) is 23.7. The lowest BCUT2D eigenvalue weighted by molar-refractivity contribution is 0.185. The van der Waals surface area contributed by atoms with E-state index >= 15 is 0 Å². The third-order valence-corrected chi connectivity index (χ3v) is 5.44. The fourth-order valence-electron chi connectivity index (χ4n) is 3.50. The molecule has 0 spiro atoms. The van der Waals surface area contributed by atoms with Gasteiger partial charge in [0.05, 0.1) is 12.2 Å². The first-order chi connectivity index (χ1) is 13.5. The highest BCUT2D eigenvalue weighted by atomic mass is 127. The van der Waals surface area contributed by atoms with Gasteiger partial charge in [-0.2, -0.15) is 0 Å². The van der Waals surface area contributed by atoms with Gasteiger partial charge in [-0.15, -0.1) is 24.0 Å². The first-order valence-electron chi connectivity index (χ1n) is 10.2. The number of piperidine rings is 1. The molecule has 1 fully saturated rings. The van der Waals surface area contributed by atoms with Gasteiger partial charge in [-0.3, -0.25) is 9.89 Å². The van der Waals surface area contributed by atoms with Crippen LogP contribution in [0.4, 0.5) is 0 Å². The van der Waals surface area contributed by atoms with Crippen LogP contribution in [-0.2, 0) is 19.6 Å². The first-order valence-corrected chi connectivity index (χ1v) is 10.2. The highest BCUT2D eigenvalue weighted by molar-refractivity contribution is 14.0. The van der Waals surface area contributed by atoms with Crippen LogP contribution in [0.2, 0.25) is 0 Å². The number of aryl methyl sites for hydroxylation is 2. The monoisotopic (exact) mass is 511 g/mol. The van der Waals surface area contributed by atoms with Gasteiger partial charge in [-0.25, -0.2) is 4.98 Å². The van der Waals surface area contributed by atoms with Crippen LogP contribution in [0.25, 0.3) is 0 Å². The Morgan fingerprint density at radius 1 is 1.17 bits per heavy atom. The van der Waals surface area contributed by atoms with Crippen LogP contribution in [0.1, 0.15) is 48.2 Å². The van der Waals surface area contributed by atoms with Crippen LogP contribution >= 0.6 is 24.0 Å². The fraction of sp³-hybridized carbons (Fsp3) is 0.545. The number of likely N-dealkylation sites (tertiary alicyclic amines) is 1. The van der Waals surface area contributed by atoms with Gasteiger partial charge in [0.25, 0.3) is 0 Å². The van der Waals surface area contributed by atoms with Crippen molar-refractivity contribution in [3.63, 3.8) is 0 Å². The van der Waals surface area contributed by atoms with Crippen molar-refractivity contribution >= 4 is 29.9 Å². The summed E-state index contributed by atoms with van der Waals surface area (Å²) < 4.78 is 5.61. The standard InChI is InChI=1S/C22H33N5O.HI/c1-16-8-10-27(11-9-16)15-20-7-5-6-19(12-20)13-24-22(23-4)25-14-21-26-17(2)18(3)28-21;/h5-7,12,16H,8-11,13-15H2,1-4H3,(H2,23,24,25);1H. The Morgan fingerprint density at radius 3 is 2.52 bits per heavy atom. The van der Waals surface area contributed by atoms with Crippen molar-refractivity contribution in [3.8, 4) is 0 Å². The largest absolute Gasteiger partial charge is 0.444 e. The summed E-state index contributed by atoms with van der Waals surface area (Å²) in [5, 5.41) is 6.63. The van der Waals surface area contributed by atoms with Gasteiger partial charge < -0.3 is 15.1 Å². The highest BCUT2D eigenvalue weighted by Gasteiger charge is 2.15. The number of aromatic nitrogens is 1. The minimum Gasteiger partial charge on any atom is -0.444 e. The van der Waals surface area contributed by atoms with Crippen molar-refractivity contribution in [3.05, 3.63) is 52.7 Å². The molecule has 0 radical (unpaired) electrons. The molecule has 0 saturated carbocycles. The Kier molecular flexibility index (Phi) is 9.42. The Labute approximate surface area is 191 Å². The molecule has 2 N–H and O–H groups in total. The number of nitrogens with one attached hydrogen (secondary N) is 2. The molecule has 2 heterocycles. The maximum atomic E-state index is 5.61. The van der Waals surface area contributed by atoms with Crippen molar-refractivity contribution in [1.82, 2.24) is 20.5 Å². The van der Waals surface area contributed by atoms with Crippen molar-refractivity contribution < 1.29 is 4.42 Å². The zero-order valence-corrected chi connectivity index (χ0v) is 20.3. The second-order valence-electron chi connectivity index (χ2n) is 7.81. The summed E-state index contributed by atoms with van der Waals surface area (Å²) in [5.74, 6) is 3.15. The maximum absolute atomic E-state index is 5.61. The molecule has 3 rings (SSSR count). The van der Waals surface area contributed by atoms with E-state index in [0.29, 0.717) is 12.4 Å². The quantitative estimate of drug-likeness (QED) is 0.349. The van der Waals surface area contributed by atoms with E-state index in [1.165, 1.54) is 37.1 Å². The van der Waals surface area contributed by atoms with Gasteiger partial charge in [-0.1, -0.05) is 31.2 Å². The lowest BCUT2D eigenvalue weighted by Crippen LogP contribution is -2.36. The SMILES string of the molecule is CN=C(NCc1cccc(CN2CCC(C)CC2)c1)NCc1nc(C)c(C)o1.I. The van der Waals surface area contributed by atoms with Crippen molar-refractivity contribution in [1.29, 1.82) is 0 Å². The third-order valence-electron chi connectivity index (χ3n) is 5.44. The van der Waals surface area contributed by atoms with Gasteiger partial charge in [0.1, 0.15) is 5.76 Å². The van der Waals surface area contributed by atoms with Crippen LogP contribution in [-0.4, -0.2) is 36.0 Å². The smallest absolute Gasteiger partial charge is 0.214 e. The molecule has 160 valence electrons. The summed E-state index contributed by atoms with van der Waals surface area (Å²) in [7, 11) is 1.77.